The fraction of sp³-hybridized carbons (Fsp3) is 0.375. The van der Waals surface area contributed by atoms with E-state index in [0.29, 0.717) is 0 Å². The number of hydroxylamine groups is 2. The molecule has 0 aliphatic rings. The van der Waals surface area contributed by atoms with Crippen LogP contribution in [0.1, 0.15) is 28.5 Å². The van der Waals surface area contributed by atoms with Gasteiger partial charge in [-0.25, -0.2) is 22.6 Å². The van der Waals surface area contributed by atoms with Gasteiger partial charge in [-0.2, -0.15) is 5.10 Å². The average molecular weight is 359 g/mol. The molecular weight excluding hydrogens is 342 g/mol. The van der Waals surface area contributed by atoms with Crippen molar-refractivity contribution in [2.45, 2.75) is 26.1 Å². The van der Waals surface area contributed by atoms with Gasteiger partial charge in [-0.3, -0.25) is 14.3 Å². The van der Waals surface area contributed by atoms with Crippen LogP contribution in [0, 0.1) is 17.5 Å². The third kappa shape index (κ3) is 3.98. The van der Waals surface area contributed by atoms with Crippen molar-refractivity contribution in [3.05, 3.63) is 52.6 Å². The van der Waals surface area contributed by atoms with Crippen LogP contribution < -0.4 is 0 Å². The molecule has 1 unspecified atom stereocenters. The second-order valence-corrected chi connectivity index (χ2v) is 5.54. The van der Waals surface area contributed by atoms with Gasteiger partial charge in [0.25, 0.3) is 5.91 Å². The highest BCUT2D eigenvalue weighted by molar-refractivity contribution is 5.94. The molecule has 5 nitrogen and oxygen atoms in total. The normalized spacial score (nSPS) is 12.3. The van der Waals surface area contributed by atoms with Gasteiger partial charge in [0.15, 0.2) is 17.5 Å². The third-order valence-electron chi connectivity index (χ3n) is 3.63. The molecule has 1 aromatic carbocycles. The van der Waals surface area contributed by atoms with Gasteiger partial charge in [0.2, 0.25) is 0 Å². The van der Waals surface area contributed by atoms with Crippen molar-refractivity contribution < 1.29 is 27.2 Å². The molecular formula is C16H17F4N3O2. The number of nitrogens with zero attached hydrogens (tertiary/aromatic N) is 3. The molecule has 9 heteroatoms. The SMILES string of the molecule is CON(C(=O)c1cn(C)nc1CF)C(C)Cc1cc(F)c(F)c(F)c1. The molecule has 1 atom stereocenters. The van der Waals surface area contributed by atoms with E-state index in [0.717, 1.165) is 17.2 Å². The average Bonchev–Trinajstić information content (AvgIpc) is 2.94. The monoisotopic (exact) mass is 359 g/mol. The lowest BCUT2D eigenvalue weighted by Crippen LogP contribution is -2.39. The van der Waals surface area contributed by atoms with Crippen molar-refractivity contribution in [1.29, 1.82) is 0 Å². The Labute approximate surface area is 141 Å². The van der Waals surface area contributed by atoms with Gasteiger partial charge < -0.3 is 0 Å². The zero-order valence-corrected chi connectivity index (χ0v) is 13.9. The highest BCUT2D eigenvalue weighted by Gasteiger charge is 2.26. The summed E-state index contributed by atoms with van der Waals surface area (Å²) in [6.45, 7) is 0.647. The minimum atomic E-state index is -1.56. The summed E-state index contributed by atoms with van der Waals surface area (Å²) in [6, 6.07) is 1.05. The maximum absolute atomic E-state index is 13.3. The van der Waals surface area contributed by atoms with Crippen LogP contribution in [0.5, 0.6) is 0 Å². The molecule has 1 amide bonds. The van der Waals surface area contributed by atoms with Crippen molar-refractivity contribution in [3.8, 4) is 0 Å². The predicted molar refractivity (Wildman–Crippen MR) is 80.7 cm³/mol. The summed E-state index contributed by atoms with van der Waals surface area (Å²) in [5, 5.41) is 4.79. The number of carbonyl (C=O) groups is 1. The first-order valence-corrected chi connectivity index (χ1v) is 7.38. The summed E-state index contributed by atoms with van der Waals surface area (Å²) in [4.78, 5) is 17.6. The Kier molecular flexibility index (Phi) is 5.78. The Morgan fingerprint density at radius 2 is 1.92 bits per heavy atom. The Morgan fingerprint density at radius 1 is 1.32 bits per heavy atom. The van der Waals surface area contributed by atoms with Crippen molar-refractivity contribution in [3.63, 3.8) is 0 Å². The van der Waals surface area contributed by atoms with Crippen molar-refractivity contribution in [2.75, 3.05) is 7.11 Å². The van der Waals surface area contributed by atoms with Gasteiger partial charge in [-0.1, -0.05) is 0 Å². The number of rotatable bonds is 6. The zero-order chi connectivity index (χ0) is 18.7. The van der Waals surface area contributed by atoms with Crippen LogP contribution in [0.2, 0.25) is 0 Å². The molecule has 2 aromatic rings. The molecule has 0 spiro atoms. The molecule has 2 rings (SSSR count). The van der Waals surface area contributed by atoms with E-state index in [-0.39, 0.29) is 23.2 Å². The maximum Gasteiger partial charge on any atom is 0.281 e. The van der Waals surface area contributed by atoms with E-state index in [4.69, 9.17) is 4.84 Å². The fourth-order valence-electron chi connectivity index (χ4n) is 2.54. The lowest BCUT2D eigenvalue weighted by atomic mass is 10.1. The van der Waals surface area contributed by atoms with Crippen LogP contribution in [0.3, 0.4) is 0 Å². The van der Waals surface area contributed by atoms with E-state index in [1.807, 2.05) is 0 Å². The highest BCUT2D eigenvalue weighted by Crippen LogP contribution is 2.19. The fourth-order valence-corrected chi connectivity index (χ4v) is 2.54. The molecule has 0 radical (unpaired) electrons. The number of alkyl halides is 1. The Morgan fingerprint density at radius 3 is 2.44 bits per heavy atom. The number of hydrogen-bond acceptors (Lipinski definition) is 3. The Bertz CT molecular complexity index is 756. The van der Waals surface area contributed by atoms with Gasteiger partial charge in [0, 0.05) is 13.2 Å². The molecule has 1 aromatic heterocycles. The van der Waals surface area contributed by atoms with Gasteiger partial charge in [-0.15, -0.1) is 0 Å². The van der Waals surface area contributed by atoms with Crippen LogP contribution in [-0.4, -0.2) is 33.9 Å². The smallest absolute Gasteiger partial charge is 0.275 e. The topological polar surface area (TPSA) is 47.4 Å². The van der Waals surface area contributed by atoms with E-state index in [2.05, 4.69) is 5.10 Å². The standard InChI is InChI=1S/C16H17F4N3O2/c1-9(4-10-5-12(18)15(20)13(19)6-10)23(25-3)16(24)11-8-22(2)21-14(11)7-17/h5-6,8-9H,4,7H2,1-3H3. The van der Waals surface area contributed by atoms with Crippen molar-refractivity contribution in [1.82, 2.24) is 14.8 Å². The summed E-state index contributed by atoms with van der Waals surface area (Å²) in [7, 11) is 2.78. The van der Waals surface area contributed by atoms with Gasteiger partial charge >= 0.3 is 0 Å². The van der Waals surface area contributed by atoms with Crippen LogP contribution >= 0.6 is 0 Å². The molecule has 0 bridgehead atoms. The number of benzene rings is 1. The van der Waals surface area contributed by atoms with Crippen molar-refractivity contribution >= 4 is 5.91 Å². The number of halogens is 4. The third-order valence-corrected chi connectivity index (χ3v) is 3.63. The lowest BCUT2D eigenvalue weighted by Gasteiger charge is -2.26. The number of carbonyl (C=O) groups excluding carboxylic acids is 1. The molecule has 0 saturated carbocycles. The minimum Gasteiger partial charge on any atom is -0.275 e. The van der Waals surface area contributed by atoms with Gasteiger partial charge in [-0.05, 0) is 31.0 Å². The Hall–Kier alpha value is -2.42. The van der Waals surface area contributed by atoms with E-state index < -0.39 is 36.1 Å². The first-order chi connectivity index (χ1) is 11.8. The first kappa shape index (κ1) is 18.9. The van der Waals surface area contributed by atoms with Crippen LogP contribution in [0.25, 0.3) is 0 Å². The largest absolute Gasteiger partial charge is 0.281 e. The lowest BCUT2D eigenvalue weighted by molar-refractivity contribution is -0.119. The van der Waals surface area contributed by atoms with E-state index >= 15 is 0 Å². The molecule has 0 N–H and O–H groups in total. The predicted octanol–water partition coefficient (Wildman–Crippen LogP) is 2.94. The minimum absolute atomic E-state index is 0.00107. The van der Waals surface area contributed by atoms with Crippen LogP contribution in [-0.2, 0) is 25.0 Å². The second kappa shape index (κ2) is 7.64. The number of aromatic nitrogens is 2. The number of aryl methyl sites for hydroxylation is 1. The highest BCUT2D eigenvalue weighted by atomic mass is 19.2. The quantitative estimate of drug-likeness (QED) is 0.453. The van der Waals surface area contributed by atoms with Crippen LogP contribution in [0.4, 0.5) is 17.6 Å². The molecule has 0 aliphatic heterocycles. The molecule has 0 saturated heterocycles. The molecule has 136 valence electrons. The van der Waals surface area contributed by atoms with E-state index in [1.165, 1.54) is 18.0 Å². The molecule has 0 aliphatic carbocycles. The second-order valence-electron chi connectivity index (χ2n) is 5.54. The summed E-state index contributed by atoms with van der Waals surface area (Å²) in [5.74, 6) is -4.83. The molecule has 1 heterocycles. The van der Waals surface area contributed by atoms with Gasteiger partial charge in [0.05, 0.1) is 18.7 Å². The zero-order valence-electron chi connectivity index (χ0n) is 13.9. The van der Waals surface area contributed by atoms with E-state index in [9.17, 15) is 22.4 Å². The summed E-state index contributed by atoms with van der Waals surface area (Å²) in [5.41, 5.74) is 0.131. The molecule has 0 fully saturated rings. The van der Waals surface area contributed by atoms with Crippen molar-refractivity contribution in [2.24, 2.45) is 7.05 Å². The first-order valence-electron chi connectivity index (χ1n) is 7.38. The van der Waals surface area contributed by atoms with E-state index in [1.54, 1.807) is 14.0 Å². The number of amides is 1. The molecule has 25 heavy (non-hydrogen) atoms. The van der Waals surface area contributed by atoms with Gasteiger partial charge in [0.1, 0.15) is 12.4 Å². The Balaban J connectivity index is 2.23. The van der Waals surface area contributed by atoms with Crippen LogP contribution in [0.15, 0.2) is 18.3 Å². The summed E-state index contributed by atoms with van der Waals surface area (Å²) in [6.07, 6.45) is 1.35. The summed E-state index contributed by atoms with van der Waals surface area (Å²) >= 11 is 0. The number of hydrogen-bond donors (Lipinski definition) is 0. The maximum atomic E-state index is 13.3. The summed E-state index contributed by atoms with van der Waals surface area (Å²) < 4.78 is 54.0.